The number of amides is 2. The molecule has 2 aromatic rings. The Balaban J connectivity index is 1.77. The van der Waals surface area contributed by atoms with Crippen molar-refractivity contribution in [1.82, 2.24) is 19.7 Å². The van der Waals surface area contributed by atoms with Crippen LogP contribution < -0.4 is 0 Å². The maximum Gasteiger partial charge on any atom is 0.255 e. The zero-order valence-corrected chi connectivity index (χ0v) is 16.2. The lowest BCUT2D eigenvalue weighted by Gasteiger charge is -2.32. The van der Waals surface area contributed by atoms with E-state index in [0.29, 0.717) is 17.7 Å². The molecule has 0 atom stereocenters. The Kier molecular flexibility index (Phi) is 5.86. The molecule has 27 heavy (non-hydrogen) atoms. The van der Waals surface area contributed by atoms with Crippen molar-refractivity contribution in [1.29, 1.82) is 0 Å². The predicted octanol–water partition coefficient (Wildman–Crippen LogP) is 2.23. The molecule has 2 heterocycles. The van der Waals surface area contributed by atoms with Gasteiger partial charge in [0.25, 0.3) is 11.8 Å². The second-order valence-corrected chi connectivity index (χ2v) is 6.93. The number of piperazine rings is 1. The molecule has 0 saturated carbocycles. The fourth-order valence-electron chi connectivity index (χ4n) is 3.06. The second kappa shape index (κ2) is 8.31. The largest absolute Gasteiger partial charge is 0.342 e. The van der Waals surface area contributed by atoms with Gasteiger partial charge in [-0.25, -0.2) is 0 Å². The minimum Gasteiger partial charge on any atom is -0.342 e. The van der Waals surface area contributed by atoms with E-state index in [1.54, 1.807) is 24.2 Å². The second-order valence-electron chi connectivity index (χ2n) is 6.93. The van der Waals surface area contributed by atoms with Crippen molar-refractivity contribution in [3.8, 4) is 11.3 Å². The summed E-state index contributed by atoms with van der Waals surface area (Å²) in [6.45, 7) is 5.88. The minimum absolute atomic E-state index is 0.0458. The van der Waals surface area contributed by atoms with Crippen LogP contribution in [0.2, 0.25) is 0 Å². The minimum atomic E-state index is -0.0458. The molecule has 1 aliphatic rings. The number of aromatic nitrogens is 1. The van der Waals surface area contributed by atoms with E-state index >= 15 is 0 Å². The van der Waals surface area contributed by atoms with E-state index in [-0.39, 0.29) is 11.8 Å². The number of rotatable bonds is 4. The molecule has 0 unspecified atom stereocenters. The van der Waals surface area contributed by atoms with Crippen LogP contribution in [0.4, 0.5) is 0 Å². The molecule has 6 heteroatoms. The molecule has 6 nitrogen and oxygen atoms in total. The van der Waals surface area contributed by atoms with Crippen LogP contribution >= 0.6 is 0 Å². The normalized spacial score (nSPS) is 14.9. The lowest BCUT2D eigenvalue weighted by molar-refractivity contribution is 0.0664. The van der Waals surface area contributed by atoms with Crippen LogP contribution in [0.15, 0.2) is 42.6 Å². The van der Waals surface area contributed by atoms with Gasteiger partial charge in [-0.3, -0.25) is 14.6 Å². The van der Waals surface area contributed by atoms with Crippen LogP contribution in [0.25, 0.3) is 11.3 Å². The molecule has 1 aromatic heterocycles. The maximum absolute atomic E-state index is 12.8. The molecule has 1 aromatic carbocycles. The highest BCUT2D eigenvalue weighted by molar-refractivity contribution is 5.96. The first kappa shape index (κ1) is 19.0. The van der Waals surface area contributed by atoms with Crippen molar-refractivity contribution in [3.05, 3.63) is 53.7 Å². The summed E-state index contributed by atoms with van der Waals surface area (Å²) in [4.78, 5) is 35.2. The topological polar surface area (TPSA) is 56.8 Å². The van der Waals surface area contributed by atoms with E-state index < -0.39 is 0 Å². The molecule has 1 fully saturated rings. The van der Waals surface area contributed by atoms with Crippen LogP contribution in [-0.2, 0) is 0 Å². The molecule has 3 rings (SSSR count). The number of carbonyl (C=O) groups is 2. The Hall–Kier alpha value is -2.73. The third-order valence-electron chi connectivity index (χ3n) is 5.03. The zero-order chi connectivity index (χ0) is 19.4. The molecule has 1 saturated heterocycles. The predicted molar refractivity (Wildman–Crippen MR) is 106 cm³/mol. The maximum atomic E-state index is 12.8. The van der Waals surface area contributed by atoms with Crippen LogP contribution in [-0.4, -0.2) is 78.3 Å². The van der Waals surface area contributed by atoms with Gasteiger partial charge in [0.05, 0.1) is 11.3 Å². The lowest BCUT2D eigenvalue weighted by Crippen LogP contribution is -2.47. The molecule has 0 radical (unpaired) electrons. The van der Waals surface area contributed by atoms with Crippen LogP contribution in [0.3, 0.4) is 0 Å². The smallest absolute Gasteiger partial charge is 0.255 e. The lowest BCUT2D eigenvalue weighted by atomic mass is 10.1. The average molecular weight is 366 g/mol. The molecule has 0 bridgehead atoms. The molecule has 1 aliphatic heterocycles. The van der Waals surface area contributed by atoms with Gasteiger partial charge in [0.2, 0.25) is 0 Å². The third kappa shape index (κ3) is 4.34. The van der Waals surface area contributed by atoms with Gasteiger partial charge >= 0.3 is 0 Å². The molecule has 142 valence electrons. The van der Waals surface area contributed by atoms with Gasteiger partial charge in [-0.05, 0) is 38.2 Å². The van der Waals surface area contributed by atoms with E-state index in [0.717, 1.165) is 37.4 Å². The molecule has 2 amide bonds. The number of carbonyl (C=O) groups excluding carboxylic acids is 2. The summed E-state index contributed by atoms with van der Waals surface area (Å²) >= 11 is 0. The van der Waals surface area contributed by atoms with Crippen LogP contribution in [0, 0.1) is 0 Å². The highest BCUT2D eigenvalue weighted by atomic mass is 16.2. The van der Waals surface area contributed by atoms with E-state index in [1.807, 2.05) is 42.2 Å². The van der Waals surface area contributed by atoms with Crippen molar-refractivity contribution >= 4 is 11.8 Å². The first-order valence-corrected chi connectivity index (χ1v) is 9.29. The van der Waals surface area contributed by atoms with Crippen LogP contribution in [0.5, 0.6) is 0 Å². The van der Waals surface area contributed by atoms with Crippen molar-refractivity contribution in [3.63, 3.8) is 0 Å². The van der Waals surface area contributed by atoms with Gasteiger partial charge in [0.15, 0.2) is 0 Å². The number of nitrogens with zero attached hydrogens (tertiary/aromatic N) is 4. The molecule has 0 N–H and O–H groups in total. The summed E-state index contributed by atoms with van der Waals surface area (Å²) in [5.41, 5.74) is 2.86. The Morgan fingerprint density at radius 2 is 1.81 bits per heavy atom. The quantitative estimate of drug-likeness (QED) is 0.833. The fraction of sp³-hybridized carbons (Fsp3) is 0.381. The number of likely N-dealkylation sites (N-methyl/N-ethyl adjacent to an activating group) is 1. The van der Waals surface area contributed by atoms with Gasteiger partial charge in [-0.1, -0.05) is 12.1 Å². The first-order chi connectivity index (χ1) is 13.0. The first-order valence-electron chi connectivity index (χ1n) is 9.29. The molecule has 0 aliphatic carbocycles. The number of hydrogen-bond donors (Lipinski definition) is 0. The summed E-state index contributed by atoms with van der Waals surface area (Å²) < 4.78 is 0. The molecular weight excluding hydrogens is 340 g/mol. The van der Waals surface area contributed by atoms with Gasteiger partial charge in [-0.2, -0.15) is 0 Å². The summed E-state index contributed by atoms with van der Waals surface area (Å²) in [5, 5.41) is 0. The Labute approximate surface area is 160 Å². The highest BCUT2D eigenvalue weighted by Gasteiger charge is 2.20. The number of pyridine rings is 1. The van der Waals surface area contributed by atoms with E-state index in [9.17, 15) is 9.59 Å². The van der Waals surface area contributed by atoms with E-state index in [2.05, 4.69) is 16.9 Å². The Morgan fingerprint density at radius 3 is 2.44 bits per heavy atom. The standard InChI is InChI=1S/C21H26N4O2/c1-4-24(3)20(26)18-8-9-19(22-15-18)16-6-5-7-17(14-16)21(27)25-12-10-23(2)11-13-25/h5-9,14-15H,4,10-13H2,1-3H3. The van der Waals surface area contributed by atoms with E-state index in [4.69, 9.17) is 0 Å². The SMILES string of the molecule is CCN(C)C(=O)c1ccc(-c2cccc(C(=O)N3CCN(C)CC3)c2)nc1. The van der Waals surface area contributed by atoms with Crippen molar-refractivity contribution < 1.29 is 9.59 Å². The summed E-state index contributed by atoms with van der Waals surface area (Å²) in [5.74, 6) is 0.0110. The zero-order valence-electron chi connectivity index (χ0n) is 16.2. The van der Waals surface area contributed by atoms with Crippen molar-refractivity contribution in [2.24, 2.45) is 0 Å². The van der Waals surface area contributed by atoms with Gasteiger partial charge in [-0.15, -0.1) is 0 Å². The number of benzene rings is 1. The summed E-state index contributed by atoms with van der Waals surface area (Å²) in [7, 11) is 3.84. The third-order valence-corrected chi connectivity index (χ3v) is 5.03. The highest BCUT2D eigenvalue weighted by Crippen LogP contribution is 2.20. The van der Waals surface area contributed by atoms with E-state index in [1.165, 1.54) is 0 Å². The number of hydrogen-bond acceptors (Lipinski definition) is 4. The Morgan fingerprint density at radius 1 is 1.07 bits per heavy atom. The van der Waals surface area contributed by atoms with Crippen molar-refractivity contribution in [2.45, 2.75) is 6.92 Å². The van der Waals surface area contributed by atoms with Gasteiger partial charge in [0, 0.05) is 57.1 Å². The monoisotopic (exact) mass is 366 g/mol. The molecular formula is C21H26N4O2. The van der Waals surface area contributed by atoms with Crippen molar-refractivity contribution in [2.75, 3.05) is 46.8 Å². The average Bonchev–Trinajstić information content (AvgIpc) is 2.73. The van der Waals surface area contributed by atoms with Crippen LogP contribution in [0.1, 0.15) is 27.6 Å². The summed E-state index contributed by atoms with van der Waals surface area (Å²) in [6, 6.07) is 11.1. The van der Waals surface area contributed by atoms with Gasteiger partial charge < -0.3 is 14.7 Å². The van der Waals surface area contributed by atoms with Gasteiger partial charge in [0.1, 0.15) is 0 Å². The fourth-order valence-corrected chi connectivity index (χ4v) is 3.06. The summed E-state index contributed by atoms with van der Waals surface area (Å²) in [6.07, 6.45) is 1.60. The molecule has 0 spiro atoms. The Bertz CT molecular complexity index is 811.